The second-order valence-electron chi connectivity index (χ2n) is 4.52. The van der Waals surface area contributed by atoms with Gasteiger partial charge in [-0.15, -0.1) is 0 Å². The third-order valence-electron chi connectivity index (χ3n) is 2.65. The Labute approximate surface area is 119 Å². The summed E-state index contributed by atoms with van der Waals surface area (Å²) in [7, 11) is 0. The highest BCUT2D eigenvalue weighted by molar-refractivity contribution is 5.83. The summed E-state index contributed by atoms with van der Waals surface area (Å²) in [6, 6.07) is 9.00. The monoisotopic (exact) mass is 279 g/mol. The molecule has 1 aromatic rings. The molecule has 0 heterocycles. The standard InChI is InChI=1S/C15H21NO4/c1-4-19-15(18)10-16(12(2)3)14(17)11-20-13-8-6-5-7-9-13/h5-9,12H,4,10-11H2,1-3H3. The van der Waals surface area contributed by atoms with Gasteiger partial charge < -0.3 is 14.4 Å². The van der Waals surface area contributed by atoms with Crippen molar-refractivity contribution in [1.29, 1.82) is 0 Å². The number of benzene rings is 1. The maximum atomic E-state index is 12.1. The van der Waals surface area contributed by atoms with E-state index in [1.54, 1.807) is 19.1 Å². The Morgan fingerprint density at radius 3 is 2.40 bits per heavy atom. The summed E-state index contributed by atoms with van der Waals surface area (Å²) in [5, 5.41) is 0. The molecule has 5 heteroatoms. The fourth-order valence-corrected chi connectivity index (χ4v) is 1.65. The van der Waals surface area contributed by atoms with Gasteiger partial charge in [0, 0.05) is 6.04 Å². The Kier molecular flexibility index (Phi) is 6.56. The molecule has 0 radical (unpaired) electrons. The number of nitrogens with zero attached hydrogens (tertiary/aromatic N) is 1. The normalized spacial score (nSPS) is 10.2. The van der Waals surface area contributed by atoms with Gasteiger partial charge in [0.15, 0.2) is 6.61 Å². The van der Waals surface area contributed by atoms with Crippen LogP contribution in [0.3, 0.4) is 0 Å². The highest BCUT2D eigenvalue weighted by Crippen LogP contribution is 2.09. The number of esters is 1. The third-order valence-corrected chi connectivity index (χ3v) is 2.65. The molecular weight excluding hydrogens is 258 g/mol. The zero-order chi connectivity index (χ0) is 15.0. The first kappa shape index (κ1) is 16.0. The Morgan fingerprint density at radius 1 is 1.20 bits per heavy atom. The first-order chi connectivity index (χ1) is 9.54. The van der Waals surface area contributed by atoms with E-state index < -0.39 is 5.97 Å². The second kappa shape index (κ2) is 8.19. The van der Waals surface area contributed by atoms with E-state index >= 15 is 0 Å². The zero-order valence-electron chi connectivity index (χ0n) is 12.2. The molecule has 5 nitrogen and oxygen atoms in total. The quantitative estimate of drug-likeness (QED) is 0.715. The number of para-hydroxylation sites is 1. The average Bonchev–Trinajstić information content (AvgIpc) is 2.43. The third kappa shape index (κ3) is 5.30. The van der Waals surface area contributed by atoms with Crippen LogP contribution in [-0.4, -0.2) is 42.6 Å². The SMILES string of the molecule is CCOC(=O)CN(C(=O)COc1ccccc1)C(C)C. The van der Waals surface area contributed by atoms with Crippen molar-refractivity contribution < 1.29 is 19.1 Å². The molecule has 0 N–H and O–H groups in total. The van der Waals surface area contributed by atoms with Gasteiger partial charge in [0.25, 0.3) is 5.91 Å². The summed E-state index contributed by atoms with van der Waals surface area (Å²) in [4.78, 5) is 25.0. The van der Waals surface area contributed by atoms with Crippen LogP contribution in [0.25, 0.3) is 0 Å². The van der Waals surface area contributed by atoms with Gasteiger partial charge in [-0.25, -0.2) is 0 Å². The van der Waals surface area contributed by atoms with Gasteiger partial charge in [0.05, 0.1) is 6.61 Å². The van der Waals surface area contributed by atoms with E-state index in [-0.39, 0.29) is 25.1 Å². The van der Waals surface area contributed by atoms with E-state index in [2.05, 4.69) is 0 Å². The lowest BCUT2D eigenvalue weighted by Gasteiger charge is -2.25. The summed E-state index contributed by atoms with van der Waals surface area (Å²) in [5.74, 6) is -0.0214. The van der Waals surface area contributed by atoms with Crippen LogP contribution in [0, 0.1) is 0 Å². The van der Waals surface area contributed by atoms with E-state index in [0.29, 0.717) is 12.4 Å². The van der Waals surface area contributed by atoms with Gasteiger partial charge in [-0.2, -0.15) is 0 Å². The predicted octanol–water partition coefficient (Wildman–Crippen LogP) is 1.87. The number of hydrogen-bond donors (Lipinski definition) is 0. The molecule has 1 amide bonds. The molecule has 1 rings (SSSR count). The Morgan fingerprint density at radius 2 is 1.85 bits per heavy atom. The lowest BCUT2D eigenvalue weighted by atomic mass is 10.3. The van der Waals surface area contributed by atoms with Crippen LogP contribution in [0.15, 0.2) is 30.3 Å². The van der Waals surface area contributed by atoms with Gasteiger partial charge in [0.2, 0.25) is 0 Å². The van der Waals surface area contributed by atoms with E-state index in [1.807, 2.05) is 32.0 Å². The molecule has 1 aromatic carbocycles. The molecule has 110 valence electrons. The van der Waals surface area contributed by atoms with E-state index in [0.717, 1.165) is 0 Å². The summed E-state index contributed by atoms with van der Waals surface area (Å²) in [6.07, 6.45) is 0. The van der Waals surface area contributed by atoms with Crippen molar-refractivity contribution in [1.82, 2.24) is 4.90 Å². The van der Waals surface area contributed by atoms with Crippen LogP contribution in [0.4, 0.5) is 0 Å². The number of rotatable bonds is 7. The molecule has 0 saturated carbocycles. The van der Waals surface area contributed by atoms with E-state index in [9.17, 15) is 9.59 Å². The van der Waals surface area contributed by atoms with Crippen molar-refractivity contribution in [2.75, 3.05) is 19.8 Å². The Hall–Kier alpha value is -2.04. The first-order valence-corrected chi connectivity index (χ1v) is 6.67. The molecule has 0 bridgehead atoms. The molecule has 0 fully saturated rings. The largest absolute Gasteiger partial charge is 0.484 e. The van der Waals surface area contributed by atoms with Crippen LogP contribution in [0.2, 0.25) is 0 Å². The van der Waals surface area contributed by atoms with E-state index in [4.69, 9.17) is 9.47 Å². The van der Waals surface area contributed by atoms with Crippen molar-refractivity contribution in [2.45, 2.75) is 26.8 Å². The van der Waals surface area contributed by atoms with Crippen LogP contribution < -0.4 is 4.74 Å². The number of carbonyl (C=O) groups is 2. The molecule has 0 atom stereocenters. The van der Waals surface area contributed by atoms with E-state index in [1.165, 1.54) is 4.90 Å². The topological polar surface area (TPSA) is 55.8 Å². The molecule has 0 spiro atoms. The summed E-state index contributed by atoms with van der Waals surface area (Å²) in [6.45, 7) is 5.58. The molecule has 0 aromatic heterocycles. The van der Waals surface area contributed by atoms with Crippen molar-refractivity contribution in [3.8, 4) is 5.75 Å². The maximum Gasteiger partial charge on any atom is 0.325 e. The molecule has 0 aliphatic heterocycles. The van der Waals surface area contributed by atoms with Crippen LogP contribution in [-0.2, 0) is 14.3 Å². The average molecular weight is 279 g/mol. The summed E-state index contributed by atoms with van der Waals surface area (Å²) in [5.41, 5.74) is 0. The smallest absolute Gasteiger partial charge is 0.325 e. The summed E-state index contributed by atoms with van der Waals surface area (Å²) < 4.78 is 10.3. The lowest BCUT2D eigenvalue weighted by Crippen LogP contribution is -2.43. The number of carbonyl (C=O) groups excluding carboxylic acids is 2. The van der Waals surface area contributed by atoms with Crippen molar-refractivity contribution in [3.05, 3.63) is 30.3 Å². The lowest BCUT2D eigenvalue weighted by molar-refractivity contribution is -0.150. The minimum Gasteiger partial charge on any atom is -0.484 e. The van der Waals surface area contributed by atoms with Crippen molar-refractivity contribution >= 4 is 11.9 Å². The second-order valence-corrected chi connectivity index (χ2v) is 4.52. The molecule has 0 unspecified atom stereocenters. The number of hydrogen-bond acceptors (Lipinski definition) is 4. The highest BCUT2D eigenvalue weighted by atomic mass is 16.5. The molecule has 20 heavy (non-hydrogen) atoms. The molecule has 0 saturated heterocycles. The first-order valence-electron chi connectivity index (χ1n) is 6.67. The van der Waals surface area contributed by atoms with Crippen molar-refractivity contribution in [3.63, 3.8) is 0 Å². The number of amides is 1. The van der Waals surface area contributed by atoms with Crippen LogP contribution in [0.5, 0.6) is 5.75 Å². The molecule has 0 aliphatic carbocycles. The Bertz CT molecular complexity index is 431. The highest BCUT2D eigenvalue weighted by Gasteiger charge is 2.21. The summed E-state index contributed by atoms with van der Waals surface area (Å²) >= 11 is 0. The fraction of sp³-hybridized carbons (Fsp3) is 0.467. The zero-order valence-corrected chi connectivity index (χ0v) is 12.2. The maximum absolute atomic E-state index is 12.1. The van der Waals surface area contributed by atoms with Gasteiger partial charge in [-0.3, -0.25) is 9.59 Å². The Balaban J connectivity index is 2.54. The number of ether oxygens (including phenoxy) is 2. The van der Waals surface area contributed by atoms with Gasteiger partial charge in [0.1, 0.15) is 12.3 Å². The predicted molar refractivity (Wildman–Crippen MR) is 75.4 cm³/mol. The van der Waals surface area contributed by atoms with Crippen LogP contribution in [0.1, 0.15) is 20.8 Å². The minimum absolute atomic E-state index is 0.0531. The van der Waals surface area contributed by atoms with Gasteiger partial charge >= 0.3 is 5.97 Å². The fourth-order valence-electron chi connectivity index (χ4n) is 1.65. The molecular formula is C15H21NO4. The molecule has 0 aliphatic rings. The van der Waals surface area contributed by atoms with Crippen LogP contribution >= 0.6 is 0 Å². The van der Waals surface area contributed by atoms with Crippen molar-refractivity contribution in [2.24, 2.45) is 0 Å². The van der Waals surface area contributed by atoms with Gasteiger partial charge in [-0.05, 0) is 32.9 Å². The minimum atomic E-state index is -0.408. The van der Waals surface area contributed by atoms with Gasteiger partial charge in [-0.1, -0.05) is 18.2 Å².